The molecule has 10 nitrogen and oxygen atoms in total. The van der Waals surface area contributed by atoms with Gasteiger partial charge in [-0.3, -0.25) is 0 Å². The van der Waals surface area contributed by atoms with Crippen molar-refractivity contribution in [2.45, 2.75) is 13.1 Å². The molecule has 0 unspecified atom stereocenters. The van der Waals surface area contributed by atoms with Crippen molar-refractivity contribution in [2.24, 2.45) is 0 Å². The van der Waals surface area contributed by atoms with Crippen molar-refractivity contribution in [3.05, 3.63) is 46.8 Å². The highest BCUT2D eigenvalue weighted by Crippen LogP contribution is 2.23. The highest BCUT2D eigenvalue weighted by Gasteiger charge is 2.14. The molecule has 0 spiro atoms. The summed E-state index contributed by atoms with van der Waals surface area (Å²) in [5.74, 6) is 0.141. The van der Waals surface area contributed by atoms with Crippen LogP contribution < -0.4 is 20.1 Å². The minimum atomic E-state index is 0.0704. The average molecular weight is 380 g/mol. The predicted octanol–water partition coefficient (Wildman–Crippen LogP) is 2.65. The molecular formula is C18H16N6O4. The number of oxazole rings is 2. The maximum absolute atomic E-state index is 8.96. The zero-order chi connectivity index (χ0) is 19.9. The van der Waals surface area contributed by atoms with Gasteiger partial charge in [-0.1, -0.05) is 24.3 Å². The molecule has 0 saturated carbocycles. The van der Waals surface area contributed by atoms with E-state index in [1.807, 2.05) is 36.4 Å². The van der Waals surface area contributed by atoms with Crippen molar-refractivity contribution in [3.8, 4) is 24.0 Å². The largest absolute Gasteiger partial charge is 0.466 e. The van der Waals surface area contributed by atoms with Gasteiger partial charge in [0.15, 0.2) is 0 Å². The van der Waals surface area contributed by atoms with Crippen LogP contribution in [0.25, 0.3) is 0 Å². The van der Waals surface area contributed by atoms with Crippen molar-refractivity contribution >= 4 is 12.0 Å². The Balaban J connectivity index is 1.61. The molecule has 0 aliphatic carbocycles. The van der Waals surface area contributed by atoms with Gasteiger partial charge < -0.3 is 28.9 Å². The second-order valence-electron chi connectivity index (χ2n) is 5.47. The van der Waals surface area contributed by atoms with E-state index >= 15 is 0 Å². The average Bonchev–Trinajstić information content (AvgIpc) is 3.33. The van der Waals surface area contributed by atoms with Gasteiger partial charge in [0, 0.05) is 13.1 Å². The van der Waals surface area contributed by atoms with Crippen molar-refractivity contribution < 1.29 is 18.3 Å². The summed E-state index contributed by atoms with van der Waals surface area (Å²) in [7, 11) is 2.81. The minimum Gasteiger partial charge on any atom is -0.466 e. The fourth-order valence-electron chi connectivity index (χ4n) is 2.39. The topological polar surface area (TPSA) is 142 Å². The lowest BCUT2D eigenvalue weighted by Crippen LogP contribution is -2.03. The van der Waals surface area contributed by atoms with Crippen molar-refractivity contribution in [3.63, 3.8) is 0 Å². The molecule has 0 amide bonds. The number of rotatable bonds is 8. The Morgan fingerprint density at radius 1 is 0.893 bits per heavy atom. The fourth-order valence-corrected chi connectivity index (χ4v) is 2.39. The lowest BCUT2D eigenvalue weighted by Gasteiger charge is -2.06. The van der Waals surface area contributed by atoms with E-state index in [-0.39, 0.29) is 35.3 Å². The van der Waals surface area contributed by atoms with Crippen molar-refractivity contribution in [1.82, 2.24) is 9.97 Å². The van der Waals surface area contributed by atoms with Crippen LogP contribution in [0.15, 0.2) is 33.1 Å². The molecule has 0 bridgehead atoms. The first-order valence-electron chi connectivity index (χ1n) is 8.12. The van der Waals surface area contributed by atoms with Gasteiger partial charge in [0.05, 0.1) is 14.2 Å². The van der Waals surface area contributed by atoms with Crippen LogP contribution in [-0.2, 0) is 13.1 Å². The van der Waals surface area contributed by atoms with Crippen LogP contribution in [-0.4, -0.2) is 24.2 Å². The van der Waals surface area contributed by atoms with Gasteiger partial charge in [-0.05, 0) is 11.1 Å². The predicted molar refractivity (Wildman–Crippen MR) is 96.6 cm³/mol. The molecular weight excluding hydrogens is 364 g/mol. The molecule has 0 aliphatic heterocycles. The van der Waals surface area contributed by atoms with Gasteiger partial charge in [-0.15, -0.1) is 0 Å². The van der Waals surface area contributed by atoms with E-state index in [1.165, 1.54) is 14.2 Å². The quantitative estimate of drug-likeness (QED) is 0.598. The molecule has 1 aromatic carbocycles. The number of ether oxygens (including phenoxy) is 2. The second-order valence-corrected chi connectivity index (χ2v) is 5.47. The molecule has 2 aromatic heterocycles. The molecule has 0 atom stereocenters. The summed E-state index contributed by atoms with van der Waals surface area (Å²) < 4.78 is 20.5. The van der Waals surface area contributed by atoms with Gasteiger partial charge in [-0.25, -0.2) is 0 Å². The van der Waals surface area contributed by atoms with E-state index in [1.54, 1.807) is 0 Å². The third kappa shape index (κ3) is 4.14. The molecule has 10 heteroatoms. The fraction of sp³-hybridized carbons (Fsp3) is 0.222. The standard InChI is InChI=1S/C18H16N6O4/c1-25-15-13(7-19)23-17(27-15)21-9-11-4-3-5-12(6-11)10-22-18-24-14(8-20)16(26-2)28-18/h3-6H,9-10H2,1-2H3,(H,21,23)(H,22,24). The summed E-state index contributed by atoms with van der Waals surface area (Å²) in [5.41, 5.74) is 2.11. The van der Waals surface area contributed by atoms with Gasteiger partial charge in [0.1, 0.15) is 12.1 Å². The monoisotopic (exact) mass is 380 g/mol. The van der Waals surface area contributed by atoms with E-state index in [4.69, 9.17) is 28.8 Å². The van der Waals surface area contributed by atoms with E-state index in [2.05, 4.69) is 20.6 Å². The molecule has 2 heterocycles. The molecule has 2 N–H and O–H groups in total. The van der Waals surface area contributed by atoms with Crippen molar-refractivity contribution in [1.29, 1.82) is 10.5 Å². The van der Waals surface area contributed by atoms with Crippen LogP contribution in [0.4, 0.5) is 12.0 Å². The van der Waals surface area contributed by atoms with Crippen molar-refractivity contribution in [2.75, 3.05) is 24.9 Å². The Hall–Kier alpha value is -4.18. The third-order valence-corrected chi connectivity index (χ3v) is 3.65. The zero-order valence-corrected chi connectivity index (χ0v) is 15.1. The highest BCUT2D eigenvalue weighted by molar-refractivity contribution is 5.39. The summed E-state index contributed by atoms with van der Waals surface area (Å²) in [6.45, 7) is 0.877. The Morgan fingerprint density at radius 3 is 1.71 bits per heavy atom. The molecule has 0 saturated heterocycles. The summed E-state index contributed by atoms with van der Waals surface area (Å²) in [4.78, 5) is 8.01. The summed E-state index contributed by atoms with van der Waals surface area (Å²) in [6.07, 6.45) is 0. The van der Waals surface area contributed by atoms with Crippen LogP contribution in [0, 0.1) is 22.7 Å². The van der Waals surface area contributed by atoms with E-state index in [0.717, 1.165) is 11.1 Å². The first-order valence-corrected chi connectivity index (χ1v) is 8.12. The van der Waals surface area contributed by atoms with Gasteiger partial charge in [0.2, 0.25) is 11.4 Å². The number of nitrogens with zero attached hydrogens (tertiary/aromatic N) is 4. The Morgan fingerprint density at radius 2 is 1.36 bits per heavy atom. The second kappa shape index (κ2) is 8.47. The summed E-state index contributed by atoms with van der Waals surface area (Å²) in [5, 5.41) is 23.9. The highest BCUT2D eigenvalue weighted by atomic mass is 16.6. The molecule has 3 aromatic rings. The maximum Gasteiger partial charge on any atom is 0.325 e. The van der Waals surface area contributed by atoms with Gasteiger partial charge >= 0.3 is 11.9 Å². The first-order chi connectivity index (χ1) is 13.7. The molecule has 142 valence electrons. The van der Waals surface area contributed by atoms with Gasteiger partial charge in [-0.2, -0.15) is 20.5 Å². The Labute approximate surface area is 160 Å². The molecule has 0 radical (unpaired) electrons. The van der Waals surface area contributed by atoms with Crippen LogP contribution in [0.1, 0.15) is 22.5 Å². The van der Waals surface area contributed by atoms with Crippen LogP contribution in [0.2, 0.25) is 0 Å². The number of hydrogen-bond donors (Lipinski definition) is 2. The van der Waals surface area contributed by atoms with Crippen LogP contribution >= 0.6 is 0 Å². The SMILES string of the molecule is COc1oc(NCc2cccc(CNc3nc(C#N)c(OC)o3)c2)nc1C#N. The Kier molecular flexibility index (Phi) is 5.63. The number of nitrogens with one attached hydrogen (secondary N) is 2. The van der Waals surface area contributed by atoms with Crippen LogP contribution in [0.3, 0.4) is 0 Å². The molecule has 0 aliphatic rings. The number of methoxy groups -OCH3 is 2. The van der Waals surface area contributed by atoms with Gasteiger partial charge in [0.25, 0.3) is 12.0 Å². The lowest BCUT2D eigenvalue weighted by molar-refractivity contribution is 0.308. The summed E-state index contributed by atoms with van der Waals surface area (Å²) in [6, 6.07) is 11.9. The number of anilines is 2. The molecule has 0 fully saturated rings. The summed E-state index contributed by atoms with van der Waals surface area (Å²) >= 11 is 0. The van der Waals surface area contributed by atoms with Crippen LogP contribution in [0.5, 0.6) is 11.9 Å². The van der Waals surface area contributed by atoms with E-state index < -0.39 is 0 Å². The smallest absolute Gasteiger partial charge is 0.325 e. The molecule has 28 heavy (non-hydrogen) atoms. The number of hydrogen-bond acceptors (Lipinski definition) is 10. The number of aromatic nitrogens is 2. The minimum absolute atomic E-state index is 0.0704. The Bertz CT molecular complexity index is 964. The normalized spacial score (nSPS) is 10.0. The zero-order valence-electron chi connectivity index (χ0n) is 15.1. The third-order valence-electron chi connectivity index (χ3n) is 3.65. The number of nitriles is 2. The van der Waals surface area contributed by atoms with E-state index in [0.29, 0.717) is 13.1 Å². The first kappa shape index (κ1) is 18.6. The molecule has 3 rings (SSSR count). The lowest BCUT2D eigenvalue weighted by atomic mass is 10.1. The maximum atomic E-state index is 8.96. The number of benzene rings is 1. The van der Waals surface area contributed by atoms with E-state index in [9.17, 15) is 0 Å².